The van der Waals surface area contributed by atoms with E-state index in [-0.39, 0.29) is 10.8 Å². The largest absolute Gasteiger partial charge is 0.331 e. The summed E-state index contributed by atoms with van der Waals surface area (Å²) in [6.07, 6.45) is 15.9. The molecule has 0 heterocycles. The van der Waals surface area contributed by atoms with E-state index < -0.39 is 14.2 Å². The minimum Gasteiger partial charge on any atom is -0.328 e. The van der Waals surface area contributed by atoms with Crippen molar-refractivity contribution in [3.8, 4) is 0 Å². The summed E-state index contributed by atoms with van der Waals surface area (Å²) in [5.74, 6) is 0. The van der Waals surface area contributed by atoms with Gasteiger partial charge in [0.25, 0.3) is 0 Å². The molecule has 0 aliphatic heterocycles. The first-order valence-electron chi connectivity index (χ1n) is 17.3. The molecule has 0 radical (unpaired) electrons. The van der Waals surface area contributed by atoms with Crippen molar-refractivity contribution in [3.05, 3.63) is 69.8 Å². The second-order valence-corrected chi connectivity index (χ2v) is 15.8. The molecule has 0 aliphatic carbocycles. The molecule has 2 aromatic carbocycles. The number of benzene rings is 2. The number of hydrogen-bond acceptors (Lipinski definition) is 3. The van der Waals surface area contributed by atoms with Crippen LogP contribution in [0.2, 0.25) is 0 Å². The van der Waals surface area contributed by atoms with Gasteiger partial charge in [-0.05, 0) is 70.9 Å². The van der Waals surface area contributed by atoms with Gasteiger partial charge in [-0.3, -0.25) is 4.52 Å². The predicted octanol–water partition coefficient (Wildman–Crippen LogP) is 12.5. The van der Waals surface area contributed by atoms with Crippen LogP contribution in [0, 0.1) is 13.8 Å². The molecule has 1 atom stereocenters. The van der Waals surface area contributed by atoms with Crippen LogP contribution in [-0.4, -0.2) is 11.5 Å². The standard InChI is InChI=1S/C39H65O3P/c1-11-13-14-15-16-17-18-19-20-21-22-28-41-43(40)42-39(27-12-2,35-29-33(37(5,6)7)25-23-31(35)3)36-30-34(38(8,9)10)26-24-32(36)4/h23-26,29-30,40H,11-22,27-28H2,1-10H3. The van der Waals surface area contributed by atoms with E-state index in [0.717, 1.165) is 36.8 Å². The van der Waals surface area contributed by atoms with Crippen LogP contribution in [0.25, 0.3) is 0 Å². The fourth-order valence-corrected chi connectivity index (χ4v) is 6.92. The van der Waals surface area contributed by atoms with Crippen molar-refractivity contribution in [3.63, 3.8) is 0 Å². The first kappa shape index (κ1) is 37.9. The van der Waals surface area contributed by atoms with E-state index in [1.54, 1.807) is 0 Å². The molecule has 43 heavy (non-hydrogen) atoms. The van der Waals surface area contributed by atoms with Gasteiger partial charge < -0.3 is 9.42 Å². The van der Waals surface area contributed by atoms with Crippen LogP contribution in [0.15, 0.2) is 36.4 Å². The highest BCUT2D eigenvalue weighted by Gasteiger charge is 2.41. The Morgan fingerprint density at radius 3 is 1.42 bits per heavy atom. The number of hydrogen-bond donors (Lipinski definition) is 1. The lowest BCUT2D eigenvalue weighted by molar-refractivity contribution is 0.0662. The van der Waals surface area contributed by atoms with Crippen LogP contribution in [0.3, 0.4) is 0 Å². The third kappa shape index (κ3) is 11.9. The summed E-state index contributed by atoms with van der Waals surface area (Å²) in [6, 6.07) is 13.6. The third-order valence-corrected chi connectivity index (χ3v) is 9.73. The Morgan fingerprint density at radius 1 is 0.605 bits per heavy atom. The van der Waals surface area contributed by atoms with E-state index in [1.165, 1.54) is 80.0 Å². The van der Waals surface area contributed by atoms with Crippen molar-refractivity contribution in [2.75, 3.05) is 6.61 Å². The summed E-state index contributed by atoms with van der Waals surface area (Å²) in [5, 5.41) is 0. The van der Waals surface area contributed by atoms with Crippen LogP contribution < -0.4 is 0 Å². The summed E-state index contributed by atoms with van der Waals surface area (Å²) < 4.78 is 12.9. The predicted molar refractivity (Wildman–Crippen MR) is 188 cm³/mol. The minimum absolute atomic E-state index is 0.00178. The van der Waals surface area contributed by atoms with Crippen molar-refractivity contribution >= 4 is 8.60 Å². The molecule has 4 heteroatoms. The maximum absolute atomic E-state index is 11.4. The van der Waals surface area contributed by atoms with Gasteiger partial charge in [-0.25, -0.2) is 0 Å². The van der Waals surface area contributed by atoms with Crippen LogP contribution in [-0.2, 0) is 25.5 Å². The summed E-state index contributed by atoms with van der Waals surface area (Å²) in [4.78, 5) is 11.4. The Labute approximate surface area is 267 Å². The average Bonchev–Trinajstić information content (AvgIpc) is 2.92. The van der Waals surface area contributed by atoms with Gasteiger partial charge in [0.05, 0.1) is 6.61 Å². The van der Waals surface area contributed by atoms with Gasteiger partial charge in [0.1, 0.15) is 5.60 Å². The third-order valence-electron chi connectivity index (χ3n) is 8.86. The lowest BCUT2D eigenvalue weighted by Crippen LogP contribution is -2.33. The molecule has 0 aromatic heterocycles. The molecule has 1 N–H and O–H groups in total. The second kappa shape index (κ2) is 18.0. The van der Waals surface area contributed by atoms with Gasteiger partial charge in [0, 0.05) is 0 Å². The Bertz CT molecular complexity index is 1020. The smallest absolute Gasteiger partial charge is 0.328 e. The molecule has 244 valence electrons. The van der Waals surface area contributed by atoms with E-state index in [0.29, 0.717) is 6.61 Å². The first-order chi connectivity index (χ1) is 20.3. The van der Waals surface area contributed by atoms with Gasteiger partial charge in [-0.1, -0.05) is 162 Å². The lowest BCUT2D eigenvalue weighted by Gasteiger charge is -2.39. The van der Waals surface area contributed by atoms with Gasteiger partial charge in [-0.15, -0.1) is 0 Å². The zero-order valence-corrected chi connectivity index (χ0v) is 30.5. The fourth-order valence-electron chi connectivity index (χ4n) is 6.03. The summed E-state index contributed by atoms with van der Waals surface area (Å²) in [5.41, 5.74) is 6.36. The molecule has 0 amide bonds. The fraction of sp³-hybridized carbons (Fsp3) is 0.692. The summed E-state index contributed by atoms with van der Waals surface area (Å²) in [7, 11) is -2.07. The van der Waals surface area contributed by atoms with Crippen LogP contribution >= 0.6 is 8.60 Å². The van der Waals surface area contributed by atoms with Gasteiger partial charge in [0.15, 0.2) is 0 Å². The molecule has 0 spiro atoms. The molecule has 3 nitrogen and oxygen atoms in total. The van der Waals surface area contributed by atoms with Crippen molar-refractivity contribution < 1.29 is 13.9 Å². The molecule has 0 aliphatic rings. The first-order valence-corrected chi connectivity index (χ1v) is 18.4. The maximum Gasteiger partial charge on any atom is 0.331 e. The minimum atomic E-state index is -2.07. The normalized spacial score (nSPS) is 13.5. The molecule has 0 bridgehead atoms. The maximum atomic E-state index is 11.4. The molecule has 1 unspecified atom stereocenters. The molecular weight excluding hydrogens is 547 g/mol. The van der Waals surface area contributed by atoms with Gasteiger partial charge >= 0.3 is 8.60 Å². The quantitative estimate of drug-likeness (QED) is 0.127. The zero-order valence-electron chi connectivity index (χ0n) is 29.6. The van der Waals surface area contributed by atoms with Crippen LogP contribution in [0.5, 0.6) is 0 Å². The van der Waals surface area contributed by atoms with Crippen molar-refractivity contribution in [2.45, 2.75) is 169 Å². The Morgan fingerprint density at radius 2 is 1.02 bits per heavy atom. The number of rotatable bonds is 19. The molecule has 2 aromatic rings. The van der Waals surface area contributed by atoms with Gasteiger partial charge in [-0.2, -0.15) is 0 Å². The van der Waals surface area contributed by atoms with E-state index in [4.69, 9.17) is 9.05 Å². The molecule has 0 fully saturated rings. The van der Waals surface area contributed by atoms with Gasteiger partial charge in [0.2, 0.25) is 0 Å². The van der Waals surface area contributed by atoms with Crippen LogP contribution in [0.4, 0.5) is 0 Å². The summed E-state index contributed by atoms with van der Waals surface area (Å²) >= 11 is 0. The van der Waals surface area contributed by atoms with Crippen molar-refractivity contribution in [1.82, 2.24) is 0 Å². The highest BCUT2D eigenvalue weighted by atomic mass is 31.2. The monoisotopic (exact) mass is 612 g/mol. The average molecular weight is 613 g/mol. The molecule has 0 saturated heterocycles. The topological polar surface area (TPSA) is 38.7 Å². The molecule has 0 saturated carbocycles. The van der Waals surface area contributed by atoms with E-state index in [2.05, 4.69) is 106 Å². The van der Waals surface area contributed by atoms with E-state index in [9.17, 15) is 4.89 Å². The van der Waals surface area contributed by atoms with Crippen molar-refractivity contribution in [1.29, 1.82) is 0 Å². The highest BCUT2D eigenvalue weighted by Crippen LogP contribution is 2.51. The Kier molecular flexibility index (Phi) is 15.9. The Hall–Kier alpha value is -1.25. The SMILES string of the molecule is CCCCCCCCCCCCCOP(O)OC(CCC)(c1cc(C(C)(C)C)ccc1C)c1cc(C(C)(C)C)ccc1C. The van der Waals surface area contributed by atoms with Crippen molar-refractivity contribution in [2.24, 2.45) is 0 Å². The van der Waals surface area contributed by atoms with E-state index in [1.807, 2.05) is 0 Å². The molecular formula is C39H65O3P. The number of unbranched alkanes of at least 4 members (excludes halogenated alkanes) is 10. The zero-order chi connectivity index (χ0) is 32.1. The van der Waals surface area contributed by atoms with Crippen LogP contribution in [0.1, 0.15) is 172 Å². The molecule has 2 rings (SSSR count). The van der Waals surface area contributed by atoms with E-state index >= 15 is 0 Å². The number of aryl methyl sites for hydroxylation is 2. The Balaban J connectivity index is 2.24. The lowest BCUT2D eigenvalue weighted by atomic mass is 9.74. The second-order valence-electron chi connectivity index (χ2n) is 14.8. The highest BCUT2D eigenvalue weighted by molar-refractivity contribution is 7.40. The summed E-state index contributed by atoms with van der Waals surface area (Å²) in [6.45, 7) is 22.9.